The van der Waals surface area contributed by atoms with Gasteiger partial charge in [-0.05, 0) is 80.8 Å². The maximum Gasteiger partial charge on any atom is 0.252 e. The molecule has 9 atom stereocenters. The van der Waals surface area contributed by atoms with Crippen molar-refractivity contribution in [1.82, 2.24) is 25.5 Å². The molecule has 7 rings (SSSR count). The molecule has 0 spiro atoms. The number of amides is 3. The molecular weight excluding hydrogens is 729 g/mol. The predicted molar refractivity (Wildman–Crippen MR) is 218 cm³/mol. The molecule has 314 valence electrons. The van der Waals surface area contributed by atoms with E-state index in [4.69, 9.17) is 14.3 Å². The number of morpholine rings is 1. The smallest absolute Gasteiger partial charge is 0.252 e. The number of nitrogens with one attached hydrogen (secondary N) is 2. The van der Waals surface area contributed by atoms with E-state index in [0.717, 1.165) is 12.1 Å². The Morgan fingerprint density at radius 3 is 2.39 bits per heavy atom. The van der Waals surface area contributed by atoms with Crippen LogP contribution in [0.4, 0.5) is 5.69 Å². The number of aliphatic hydroxyl groups is 2. The summed E-state index contributed by atoms with van der Waals surface area (Å²) in [5, 5.41) is 29.3. The summed E-state index contributed by atoms with van der Waals surface area (Å²) in [6.45, 7) is 10.5. The van der Waals surface area contributed by atoms with Crippen molar-refractivity contribution in [3.8, 4) is 16.9 Å². The van der Waals surface area contributed by atoms with Crippen LogP contribution in [-0.2, 0) is 25.7 Å². The summed E-state index contributed by atoms with van der Waals surface area (Å²) in [6, 6.07) is 9.66. The molecule has 57 heavy (non-hydrogen) atoms. The van der Waals surface area contributed by atoms with Crippen molar-refractivity contribution in [2.45, 2.75) is 77.4 Å². The van der Waals surface area contributed by atoms with Crippen LogP contribution >= 0.6 is 0 Å². The molecule has 3 amide bonds. The van der Waals surface area contributed by atoms with Crippen LogP contribution in [0.1, 0.15) is 56.5 Å². The predicted octanol–water partition coefficient (Wildman–Crippen LogP) is 2.61. The first-order valence-corrected chi connectivity index (χ1v) is 20.4. The van der Waals surface area contributed by atoms with Crippen LogP contribution in [0.5, 0.6) is 5.75 Å². The number of aliphatic hydroxyl groups excluding tert-OH is 2. The standard InChI is InChI=1S/C43H64N6O8/c1-25-33-20-30(43(33,3)4)21-34(25)44-41(53)38-37(26(2)51)36(24-50)57-49(38)22-27-11-10-12-32(39(27)55-9)28-17-29(19-31(18-28)47(7)8)40(52)45-35(23-46(5)6)42(54)48-13-15-56-16-14-48/h10-12,17-19,25-26,30,33-38,50-51H,13-16,20-24H2,1-9H3,(H,44,53)(H,45,52)/t25-,26-,30+,33-,34-,35+,36-,37+,38-/m0/s1. The van der Waals surface area contributed by atoms with Gasteiger partial charge in [0.1, 0.15) is 23.9 Å². The van der Waals surface area contributed by atoms with Crippen LogP contribution in [0.3, 0.4) is 0 Å². The van der Waals surface area contributed by atoms with E-state index in [1.807, 2.05) is 62.3 Å². The molecule has 14 heteroatoms. The average molecular weight is 793 g/mol. The SMILES string of the molecule is COc1c(CN2O[C@@H](CO)[C@@H]([C@H](C)O)[C@H]2C(=O)N[C@H]2C[C@H]3C[C@@H]([C@@H]2C)C3(C)C)cccc1-c1cc(C(=O)N[C@H](CN(C)C)C(=O)N2CCOCC2)cc(N(C)C)c1. The number of para-hydroxylation sites is 1. The van der Waals surface area contributed by atoms with E-state index in [-0.39, 0.29) is 42.3 Å². The number of hydrogen-bond acceptors (Lipinski definition) is 11. The van der Waals surface area contributed by atoms with Gasteiger partial charge in [-0.15, -0.1) is 0 Å². The number of nitrogens with zero attached hydrogens (tertiary/aromatic N) is 4. The molecule has 5 aliphatic rings. The maximum atomic E-state index is 14.3. The third-order valence-electron chi connectivity index (χ3n) is 13.2. The number of benzene rings is 2. The van der Waals surface area contributed by atoms with Crippen molar-refractivity contribution in [1.29, 1.82) is 0 Å². The highest BCUT2D eigenvalue weighted by atomic mass is 16.7. The highest BCUT2D eigenvalue weighted by Gasteiger charge is 2.57. The molecule has 0 radical (unpaired) electrons. The molecule has 0 unspecified atom stereocenters. The highest BCUT2D eigenvalue weighted by molar-refractivity contribution is 6.00. The number of fused-ring (bicyclic) bond motifs is 2. The Hall–Kier alpha value is -3.79. The van der Waals surface area contributed by atoms with Gasteiger partial charge in [-0.25, -0.2) is 0 Å². The second-order valence-electron chi connectivity index (χ2n) is 17.6. The van der Waals surface area contributed by atoms with Gasteiger partial charge in [0.2, 0.25) is 11.8 Å². The third kappa shape index (κ3) is 8.81. The Bertz CT molecular complexity index is 1760. The van der Waals surface area contributed by atoms with Gasteiger partial charge < -0.3 is 45.0 Å². The van der Waals surface area contributed by atoms with E-state index in [2.05, 4.69) is 31.4 Å². The van der Waals surface area contributed by atoms with Gasteiger partial charge in [0.25, 0.3) is 5.91 Å². The van der Waals surface area contributed by atoms with E-state index >= 15 is 0 Å². The minimum atomic E-state index is -0.924. The first kappa shape index (κ1) is 42.8. The number of anilines is 1. The molecule has 2 aliphatic heterocycles. The Morgan fingerprint density at radius 1 is 1.07 bits per heavy atom. The number of likely N-dealkylation sites (N-methyl/N-ethyl adjacent to an activating group) is 1. The topological polar surface area (TPSA) is 156 Å². The number of hydrogen-bond donors (Lipinski definition) is 4. The second kappa shape index (κ2) is 17.6. The summed E-state index contributed by atoms with van der Waals surface area (Å²) in [4.78, 5) is 53.7. The summed E-state index contributed by atoms with van der Waals surface area (Å²) < 4.78 is 11.5. The van der Waals surface area contributed by atoms with Gasteiger partial charge >= 0.3 is 0 Å². The fraction of sp³-hybridized carbons (Fsp3) is 0.651. The van der Waals surface area contributed by atoms with Gasteiger partial charge in [-0.1, -0.05) is 39.0 Å². The normalized spacial score (nSPS) is 28.0. The molecule has 5 fully saturated rings. The number of methoxy groups -OCH3 is 1. The molecular formula is C43H64N6O8. The van der Waals surface area contributed by atoms with E-state index < -0.39 is 30.2 Å². The van der Waals surface area contributed by atoms with Crippen molar-refractivity contribution >= 4 is 23.4 Å². The molecule has 2 aromatic rings. The lowest BCUT2D eigenvalue weighted by molar-refractivity contribution is -0.183. The zero-order valence-electron chi connectivity index (χ0n) is 35.2. The molecule has 3 aliphatic carbocycles. The molecule has 14 nitrogen and oxygen atoms in total. The van der Waals surface area contributed by atoms with Gasteiger partial charge in [0.15, 0.2) is 0 Å². The van der Waals surface area contributed by atoms with Crippen LogP contribution in [0.2, 0.25) is 0 Å². The fourth-order valence-corrected chi connectivity index (χ4v) is 9.78. The molecule has 2 aromatic carbocycles. The summed E-state index contributed by atoms with van der Waals surface area (Å²) in [5.74, 6) is 0.514. The Labute approximate surface area is 337 Å². The van der Waals surface area contributed by atoms with Crippen molar-refractivity contribution in [3.63, 3.8) is 0 Å². The van der Waals surface area contributed by atoms with Crippen molar-refractivity contribution in [3.05, 3.63) is 47.5 Å². The van der Waals surface area contributed by atoms with E-state index in [9.17, 15) is 24.6 Å². The summed E-state index contributed by atoms with van der Waals surface area (Å²) in [7, 11) is 9.11. The van der Waals surface area contributed by atoms with Crippen molar-refractivity contribution < 1.29 is 38.9 Å². The van der Waals surface area contributed by atoms with Gasteiger partial charge in [0.05, 0.1) is 39.6 Å². The number of hydroxylamine groups is 2. The molecule has 0 aromatic heterocycles. The lowest BCUT2D eigenvalue weighted by atomic mass is 9.45. The van der Waals surface area contributed by atoms with Crippen LogP contribution in [0.25, 0.3) is 11.1 Å². The zero-order chi connectivity index (χ0) is 41.3. The van der Waals surface area contributed by atoms with Crippen LogP contribution in [0, 0.1) is 29.1 Å². The lowest BCUT2D eigenvalue weighted by Gasteiger charge is -2.62. The monoisotopic (exact) mass is 792 g/mol. The Morgan fingerprint density at radius 2 is 1.79 bits per heavy atom. The third-order valence-corrected chi connectivity index (χ3v) is 13.2. The average Bonchev–Trinajstić information content (AvgIpc) is 3.56. The maximum absolute atomic E-state index is 14.3. The van der Waals surface area contributed by atoms with Crippen LogP contribution in [0.15, 0.2) is 36.4 Å². The molecule has 2 saturated heterocycles. The molecule has 2 heterocycles. The van der Waals surface area contributed by atoms with Crippen molar-refractivity contribution in [2.75, 3.05) is 79.7 Å². The quantitative estimate of drug-likeness (QED) is 0.223. The zero-order valence-corrected chi connectivity index (χ0v) is 35.2. The number of carbonyl (C=O) groups excluding carboxylic acids is 3. The number of rotatable bonds is 14. The molecule has 4 N–H and O–H groups in total. The summed E-state index contributed by atoms with van der Waals surface area (Å²) in [5.41, 5.74) is 3.57. The largest absolute Gasteiger partial charge is 0.496 e. The number of carbonyl (C=O) groups is 3. The minimum Gasteiger partial charge on any atom is -0.496 e. The molecule has 2 bridgehead atoms. The number of ether oxygens (including phenoxy) is 2. The first-order valence-electron chi connectivity index (χ1n) is 20.4. The van der Waals surface area contributed by atoms with Gasteiger partial charge in [-0.3, -0.25) is 19.2 Å². The summed E-state index contributed by atoms with van der Waals surface area (Å²) in [6.07, 6.45) is 0.394. The van der Waals surface area contributed by atoms with E-state index in [0.29, 0.717) is 78.6 Å². The van der Waals surface area contributed by atoms with E-state index in [1.54, 1.807) is 36.1 Å². The fourth-order valence-electron chi connectivity index (χ4n) is 9.78. The van der Waals surface area contributed by atoms with Gasteiger partial charge in [-0.2, -0.15) is 5.06 Å². The highest BCUT2D eigenvalue weighted by Crippen LogP contribution is 2.61. The van der Waals surface area contributed by atoms with Crippen LogP contribution in [-0.4, -0.2) is 148 Å². The van der Waals surface area contributed by atoms with Crippen LogP contribution < -0.4 is 20.3 Å². The second-order valence-corrected chi connectivity index (χ2v) is 17.6. The first-order chi connectivity index (χ1) is 27.0. The van der Waals surface area contributed by atoms with E-state index in [1.165, 1.54) is 6.42 Å². The Kier molecular flexibility index (Phi) is 13.2. The Balaban J connectivity index is 1.28. The van der Waals surface area contributed by atoms with Gasteiger partial charge in [0, 0.05) is 68.1 Å². The lowest BCUT2D eigenvalue weighted by Crippen LogP contribution is -2.62. The minimum absolute atomic E-state index is 0.0165. The summed E-state index contributed by atoms with van der Waals surface area (Å²) >= 11 is 0. The molecule has 3 saturated carbocycles. The van der Waals surface area contributed by atoms with Crippen molar-refractivity contribution in [2.24, 2.45) is 29.1 Å².